The van der Waals surface area contributed by atoms with Gasteiger partial charge in [-0.05, 0) is 67.1 Å². The van der Waals surface area contributed by atoms with Crippen LogP contribution >= 0.6 is 23.4 Å². The number of anilines is 1. The molecule has 0 aliphatic carbocycles. The Morgan fingerprint density at radius 1 is 1.11 bits per heavy atom. The molecule has 0 saturated carbocycles. The van der Waals surface area contributed by atoms with E-state index in [2.05, 4.69) is 5.32 Å². The zero-order valence-corrected chi connectivity index (χ0v) is 21.2. The van der Waals surface area contributed by atoms with Crippen LogP contribution < -0.4 is 5.32 Å². The SMILES string of the molecule is COC(=O)c1cc(-c2ccc(/C=C3\SC(=O)N(CC(=O)Nc4c(C)cccc4C)C3=O)o2)ccc1Cl. The topological polar surface area (TPSA) is 106 Å². The smallest absolute Gasteiger partial charge is 0.339 e. The highest BCUT2D eigenvalue weighted by atomic mass is 35.5. The molecule has 184 valence electrons. The van der Waals surface area contributed by atoms with Crippen molar-refractivity contribution in [3.05, 3.63) is 80.9 Å². The molecular formula is C26H21ClN2O6S. The molecule has 0 spiro atoms. The molecule has 1 aromatic heterocycles. The van der Waals surface area contributed by atoms with Crippen molar-refractivity contribution < 1.29 is 28.3 Å². The van der Waals surface area contributed by atoms with E-state index in [4.69, 9.17) is 20.8 Å². The van der Waals surface area contributed by atoms with Gasteiger partial charge in [-0.25, -0.2) is 4.79 Å². The van der Waals surface area contributed by atoms with Crippen molar-refractivity contribution in [3.63, 3.8) is 0 Å². The third-order valence-corrected chi connectivity index (χ3v) is 6.71. The molecule has 1 aliphatic heterocycles. The highest BCUT2D eigenvalue weighted by Gasteiger charge is 2.36. The van der Waals surface area contributed by atoms with Crippen molar-refractivity contribution in [3.8, 4) is 11.3 Å². The quantitative estimate of drug-likeness (QED) is 0.326. The van der Waals surface area contributed by atoms with E-state index in [0.29, 0.717) is 22.8 Å². The van der Waals surface area contributed by atoms with Gasteiger partial charge < -0.3 is 14.5 Å². The standard InChI is InChI=1S/C26H21ClN2O6S/c1-14-5-4-6-15(2)23(14)28-22(30)13-29-24(31)21(36-26(29)33)12-17-8-10-20(35-17)16-7-9-19(27)18(11-16)25(32)34-3/h4-12H,13H2,1-3H3,(H,28,30)/b21-12-. The number of para-hydroxylation sites is 1. The van der Waals surface area contributed by atoms with E-state index in [1.54, 1.807) is 30.3 Å². The predicted octanol–water partition coefficient (Wildman–Crippen LogP) is 5.68. The van der Waals surface area contributed by atoms with Gasteiger partial charge in [-0.15, -0.1) is 0 Å². The highest BCUT2D eigenvalue weighted by Crippen LogP contribution is 2.34. The largest absolute Gasteiger partial charge is 0.465 e. The van der Waals surface area contributed by atoms with Gasteiger partial charge in [0.1, 0.15) is 18.1 Å². The summed E-state index contributed by atoms with van der Waals surface area (Å²) in [5.41, 5.74) is 3.19. The van der Waals surface area contributed by atoms with Crippen molar-refractivity contribution in [2.75, 3.05) is 19.0 Å². The number of carbonyl (C=O) groups excluding carboxylic acids is 4. The lowest BCUT2D eigenvalue weighted by Crippen LogP contribution is -2.36. The molecule has 3 aromatic rings. The number of methoxy groups -OCH3 is 1. The summed E-state index contributed by atoms with van der Waals surface area (Å²) in [6.45, 7) is 3.33. The summed E-state index contributed by atoms with van der Waals surface area (Å²) in [6.07, 6.45) is 1.44. The Labute approximate surface area is 216 Å². The van der Waals surface area contributed by atoms with Crippen LogP contribution in [0.15, 0.2) is 57.9 Å². The molecule has 0 atom stereocenters. The van der Waals surface area contributed by atoms with Crippen LogP contribution in [0.3, 0.4) is 0 Å². The number of thioether (sulfide) groups is 1. The molecule has 8 nitrogen and oxygen atoms in total. The number of amides is 3. The molecule has 1 fully saturated rings. The lowest BCUT2D eigenvalue weighted by Gasteiger charge is -2.15. The van der Waals surface area contributed by atoms with E-state index in [-0.39, 0.29) is 15.5 Å². The zero-order chi connectivity index (χ0) is 26.0. The molecule has 4 rings (SSSR count). The third kappa shape index (κ3) is 5.22. The Balaban J connectivity index is 1.49. The van der Waals surface area contributed by atoms with Crippen molar-refractivity contribution in [1.29, 1.82) is 0 Å². The molecular weight excluding hydrogens is 504 g/mol. The van der Waals surface area contributed by atoms with E-state index < -0.39 is 29.6 Å². The number of ether oxygens (including phenoxy) is 1. The van der Waals surface area contributed by atoms with Gasteiger partial charge in [0.15, 0.2) is 0 Å². The van der Waals surface area contributed by atoms with Gasteiger partial charge in [0.25, 0.3) is 11.1 Å². The minimum atomic E-state index is -0.584. The summed E-state index contributed by atoms with van der Waals surface area (Å²) in [4.78, 5) is 50.8. The van der Waals surface area contributed by atoms with Gasteiger partial charge >= 0.3 is 5.97 Å². The first-order chi connectivity index (χ1) is 17.2. The van der Waals surface area contributed by atoms with Gasteiger partial charge in [-0.1, -0.05) is 29.8 Å². The number of benzene rings is 2. The number of furan rings is 1. The minimum Gasteiger partial charge on any atom is -0.465 e. The molecule has 3 amide bonds. The fourth-order valence-electron chi connectivity index (χ4n) is 3.63. The molecule has 1 aliphatic rings. The van der Waals surface area contributed by atoms with Gasteiger partial charge in [0.2, 0.25) is 5.91 Å². The monoisotopic (exact) mass is 524 g/mol. The molecule has 1 saturated heterocycles. The second kappa shape index (κ2) is 10.4. The van der Waals surface area contributed by atoms with Crippen LogP contribution in [0.2, 0.25) is 5.02 Å². The summed E-state index contributed by atoms with van der Waals surface area (Å²) in [5.74, 6) is -0.885. The molecule has 2 heterocycles. The Bertz CT molecular complexity index is 1410. The number of nitrogens with zero attached hydrogens (tertiary/aromatic N) is 1. The Hall–Kier alpha value is -3.82. The summed E-state index contributed by atoms with van der Waals surface area (Å²) >= 11 is 6.80. The van der Waals surface area contributed by atoms with E-state index in [1.807, 2.05) is 32.0 Å². The van der Waals surface area contributed by atoms with Gasteiger partial charge in [-0.3, -0.25) is 19.3 Å². The fourth-order valence-corrected chi connectivity index (χ4v) is 4.64. The summed E-state index contributed by atoms with van der Waals surface area (Å²) in [7, 11) is 1.26. The van der Waals surface area contributed by atoms with Crippen LogP contribution in [-0.2, 0) is 14.3 Å². The Morgan fingerprint density at radius 3 is 2.53 bits per heavy atom. The number of aryl methyl sites for hydroxylation is 2. The molecule has 36 heavy (non-hydrogen) atoms. The van der Waals surface area contributed by atoms with Crippen LogP contribution in [0.25, 0.3) is 17.4 Å². The first kappa shape index (κ1) is 25.3. The predicted molar refractivity (Wildman–Crippen MR) is 138 cm³/mol. The van der Waals surface area contributed by atoms with Gasteiger partial charge in [0.05, 0.1) is 22.6 Å². The number of imide groups is 1. The zero-order valence-electron chi connectivity index (χ0n) is 19.6. The number of carbonyl (C=O) groups is 4. The van der Waals surface area contributed by atoms with E-state index in [9.17, 15) is 19.2 Å². The maximum Gasteiger partial charge on any atom is 0.339 e. The van der Waals surface area contributed by atoms with E-state index in [1.165, 1.54) is 13.2 Å². The van der Waals surface area contributed by atoms with Crippen molar-refractivity contribution in [2.24, 2.45) is 0 Å². The lowest BCUT2D eigenvalue weighted by molar-refractivity contribution is -0.127. The molecule has 2 aromatic carbocycles. The van der Waals surface area contributed by atoms with E-state index in [0.717, 1.165) is 27.8 Å². The molecule has 10 heteroatoms. The first-order valence-corrected chi connectivity index (χ1v) is 12.0. The third-order valence-electron chi connectivity index (χ3n) is 5.48. The van der Waals surface area contributed by atoms with Crippen LogP contribution in [0.1, 0.15) is 27.2 Å². The van der Waals surface area contributed by atoms with Gasteiger partial charge in [-0.2, -0.15) is 0 Å². The number of esters is 1. The second-order valence-corrected chi connectivity index (χ2v) is 9.37. The number of nitrogens with one attached hydrogen (secondary N) is 1. The lowest BCUT2D eigenvalue weighted by atomic mass is 10.1. The van der Waals surface area contributed by atoms with Crippen molar-refractivity contribution in [2.45, 2.75) is 13.8 Å². The van der Waals surface area contributed by atoms with Crippen LogP contribution in [-0.4, -0.2) is 41.6 Å². The summed E-state index contributed by atoms with van der Waals surface area (Å²) in [6, 6.07) is 13.7. The Morgan fingerprint density at radius 2 is 1.83 bits per heavy atom. The summed E-state index contributed by atoms with van der Waals surface area (Å²) in [5, 5.41) is 2.48. The van der Waals surface area contributed by atoms with Gasteiger partial charge in [0, 0.05) is 17.3 Å². The summed E-state index contributed by atoms with van der Waals surface area (Å²) < 4.78 is 10.5. The average molecular weight is 525 g/mol. The molecule has 0 radical (unpaired) electrons. The fraction of sp³-hybridized carbons (Fsp3) is 0.154. The molecule has 1 N–H and O–H groups in total. The normalized spacial score (nSPS) is 14.4. The average Bonchev–Trinajstić information content (AvgIpc) is 3.41. The number of hydrogen-bond donors (Lipinski definition) is 1. The minimum absolute atomic E-state index is 0.132. The van der Waals surface area contributed by atoms with Crippen LogP contribution in [0, 0.1) is 13.8 Å². The van der Waals surface area contributed by atoms with Crippen LogP contribution in [0.5, 0.6) is 0 Å². The molecule has 0 bridgehead atoms. The number of rotatable bonds is 6. The number of halogens is 1. The maximum atomic E-state index is 12.8. The van der Waals surface area contributed by atoms with Crippen molar-refractivity contribution in [1.82, 2.24) is 4.90 Å². The van der Waals surface area contributed by atoms with Crippen LogP contribution in [0.4, 0.5) is 10.5 Å². The van der Waals surface area contributed by atoms with Crippen molar-refractivity contribution >= 4 is 58.1 Å². The highest BCUT2D eigenvalue weighted by molar-refractivity contribution is 8.18. The second-order valence-electron chi connectivity index (χ2n) is 7.97. The maximum absolute atomic E-state index is 12.8. The molecule has 0 unspecified atom stereocenters. The number of hydrogen-bond acceptors (Lipinski definition) is 7. The van der Waals surface area contributed by atoms with E-state index >= 15 is 0 Å². The first-order valence-electron chi connectivity index (χ1n) is 10.8. The Kier molecular flexibility index (Phi) is 7.32.